The van der Waals surface area contributed by atoms with Crippen molar-refractivity contribution in [2.75, 3.05) is 11.2 Å². The molecule has 26 heavy (non-hydrogen) atoms. The lowest BCUT2D eigenvalue weighted by Crippen LogP contribution is -2.30. The van der Waals surface area contributed by atoms with E-state index in [0.717, 1.165) is 25.7 Å². The fourth-order valence-electron chi connectivity index (χ4n) is 2.77. The van der Waals surface area contributed by atoms with E-state index in [-0.39, 0.29) is 28.2 Å². The van der Waals surface area contributed by atoms with Crippen LogP contribution in [-0.2, 0) is 0 Å². The van der Waals surface area contributed by atoms with Crippen LogP contribution < -0.4 is 21.3 Å². The molecule has 1 aliphatic rings. The van der Waals surface area contributed by atoms with Gasteiger partial charge in [-0.05, 0) is 43.9 Å². The van der Waals surface area contributed by atoms with E-state index >= 15 is 0 Å². The van der Waals surface area contributed by atoms with Crippen LogP contribution in [0.25, 0.3) is 0 Å². The summed E-state index contributed by atoms with van der Waals surface area (Å²) in [5, 5.41) is 0.692. The second-order valence-electron chi connectivity index (χ2n) is 6.02. The third-order valence-electron chi connectivity index (χ3n) is 4.15. The van der Waals surface area contributed by atoms with Crippen LogP contribution in [0.5, 0.6) is 5.88 Å². The Morgan fingerprint density at radius 2 is 1.96 bits per heavy atom. The number of halogens is 2. The molecule has 1 heterocycles. The second kappa shape index (κ2) is 8.42. The molecule has 9 heteroatoms. The van der Waals surface area contributed by atoms with Crippen molar-refractivity contribution in [3.63, 3.8) is 0 Å². The average Bonchev–Trinajstić information content (AvgIpc) is 2.63. The van der Waals surface area contributed by atoms with E-state index in [1.165, 1.54) is 24.9 Å². The van der Waals surface area contributed by atoms with Gasteiger partial charge in [-0.15, -0.1) is 0 Å². The van der Waals surface area contributed by atoms with E-state index in [1.807, 2.05) is 0 Å². The Labute approximate surface area is 161 Å². The highest BCUT2D eigenvalue weighted by atomic mass is 35.5. The smallest absolute Gasteiger partial charge is 0.271 e. The largest absolute Gasteiger partial charge is 0.473 e. The molecule has 1 aliphatic carbocycles. The maximum Gasteiger partial charge on any atom is 0.271 e. The number of aromatic nitrogens is 2. The van der Waals surface area contributed by atoms with Gasteiger partial charge in [0.2, 0.25) is 5.88 Å². The summed E-state index contributed by atoms with van der Waals surface area (Å²) in [6, 6.07) is 4.60. The van der Waals surface area contributed by atoms with Crippen molar-refractivity contribution in [2.45, 2.75) is 38.2 Å². The summed E-state index contributed by atoms with van der Waals surface area (Å²) in [6.45, 7) is 0. The van der Waals surface area contributed by atoms with Gasteiger partial charge in [0.1, 0.15) is 18.1 Å². The monoisotopic (exact) mass is 395 g/mol. The van der Waals surface area contributed by atoms with Crippen molar-refractivity contribution in [1.82, 2.24) is 15.4 Å². The first-order chi connectivity index (χ1) is 12.5. The molecule has 1 amide bonds. The van der Waals surface area contributed by atoms with Gasteiger partial charge in [-0.25, -0.2) is 4.98 Å². The Morgan fingerprint density at radius 1 is 1.19 bits per heavy atom. The molecule has 0 aliphatic heterocycles. The molecule has 0 bridgehead atoms. The Bertz CT molecular complexity index is 797. The molecule has 0 radical (unpaired) electrons. The number of nitrogens with zero attached hydrogens (tertiary/aromatic N) is 2. The number of hydrogen-bond acceptors (Lipinski definition) is 6. The molecule has 7 nitrogen and oxygen atoms in total. The molecule has 1 aromatic carbocycles. The lowest BCUT2D eigenvalue weighted by Gasteiger charge is -2.23. The number of carbonyl (C=O) groups excluding carboxylic acids is 1. The molecule has 4 N–H and O–H groups in total. The average molecular weight is 396 g/mol. The fraction of sp³-hybridized carbons (Fsp3) is 0.353. The molecular formula is C17H19Cl2N5O2. The Balaban J connectivity index is 1.66. The van der Waals surface area contributed by atoms with Gasteiger partial charge in [0.05, 0.1) is 10.6 Å². The van der Waals surface area contributed by atoms with Crippen LogP contribution in [0.15, 0.2) is 24.5 Å². The van der Waals surface area contributed by atoms with Gasteiger partial charge in [0.25, 0.3) is 5.91 Å². The van der Waals surface area contributed by atoms with E-state index in [1.54, 1.807) is 6.07 Å². The van der Waals surface area contributed by atoms with Crippen molar-refractivity contribution in [3.8, 4) is 5.88 Å². The molecule has 0 spiro atoms. The van der Waals surface area contributed by atoms with Gasteiger partial charge < -0.3 is 10.5 Å². The number of nitrogens with one attached hydrogen (secondary N) is 2. The topological polar surface area (TPSA) is 102 Å². The third-order valence-corrected chi connectivity index (χ3v) is 4.70. The third kappa shape index (κ3) is 4.47. The highest BCUT2D eigenvalue weighted by Crippen LogP contribution is 2.29. The number of carbonyl (C=O) groups is 1. The molecule has 138 valence electrons. The minimum absolute atomic E-state index is 0.108. The molecule has 2 aromatic rings. The molecule has 0 atom stereocenters. The van der Waals surface area contributed by atoms with Crippen molar-refractivity contribution >= 4 is 40.6 Å². The van der Waals surface area contributed by atoms with Crippen LogP contribution in [0, 0.1) is 0 Å². The first-order valence-corrected chi connectivity index (χ1v) is 9.08. The SMILES string of the molecule is Nc1c(NNC(=O)c2ccc(Cl)cc2Cl)ncnc1OC1CCCCC1. The standard InChI is InChI=1S/C17H19Cl2N5O2/c18-10-6-7-12(13(19)8-10)16(25)24-23-15-14(20)17(22-9-21-15)26-11-4-2-1-3-5-11/h6-9,11H,1-5,20H2,(H,24,25)(H,21,22,23). The zero-order chi connectivity index (χ0) is 18.5. The van der Waals surface area contributed by atoms with E-state index < -0.39 is 5.91 Å². The summed E-state index contributed by atoms with van der Waals surface area (Å²) < 4.78 is 5.89. The molecule has 0 unspecified atom stereocenters. The van der Waals surface area contributed by atoms with E-state index in [0.29, 0.717) is 10.9 Å². The summed E-state index contributed by atoms with van der Waals surface area (Å²) >= 11 is 11.9. The first-order valence-electron chi connectivity index (χ1n) is 8.33. The summed E-state index contributed by atoms with van der Waals surface area (Å²) in [4.78, 5) is 20.4. The van der Waals surface area contributed by atoms with Crippen LogP contribution in [0.4, 0.5) is 11.5 Å². The number of ether oxygens (including phenoxy) is 1. The van der Waals surface area contributed by atoms with Crippen LogP contribution in [0.1, 0.15) is 42.5 Å². The molecule has 3 rings (SSSR count). The quantitative estimate of drug-likeness (QED) is 0.664. The van der Waals surface area contributed by atoms with Crippen LogP contribution in [-0.4, -0.2) is 22.0 Å². The van der Waals surface area contributed by atoms with Gasteiger partial charge >= 0.3 is 0 Å². The zero-order valence-corrected chi connectivity index (χ0v) is 15.5. The number of hydrogen-bond donors (Lipinski definition) is 3. The Morgan fingerprint density at radius 3 is 2.69 bits per heavy atom. The lowest BCUT2D eigenvalue weighted by molar-refractivity contribution is 0.0962. The maximum absolute atomic E-state index is 12.2. The number of nitrogen functional groups attached to an aromatic ring is 1. The summed E-state index contributed by atoms with van der Waals surface area (Å²) in [5.74, 6) is 0.122. The molecule has 1 fully saturated rings. The van der Waals surface area contributed by atoms with Crippen LogP contribution >= 0.6 is 23.2 Å². The van der Waals surface area contributed by atoms with Crippen molar-refractivity contribution < 1.29 is 9.53 Å². The van der Waals surface area contributed by atoms with E-state index in [2.05, 4.69) is 20.8 Å². The fourth-order valence-corrected chi connectivity index (χ4v) is 3.27. The number of amides is 1. The number of nitrogens with two attached hydrogens (primary N) is 1. The highest BCUT2D eigenvalue weighted by molar-refractivity contribution is 6.36. The lowest BCUT2D eigenvalue weighted by atomic mass is 9.98. The number of rotatable bonds is 5. The van der Waals surface area contributed by atoms with E-state index in [9.17, 15) is 4.79 Å². The minimum atomic E-state index is -0.445. The Hall–Kier alpha value is -2.25. The first kappa shape index (κ1) is 18.5. The predicted molar refractivity (Wildman–Crippen MR) is 101 cm³/mol. The highest BCUT2D eigenvalue weighted by Gasteiger charge is 2.19. The van der Waals surface area contributed by atoms with Crippen molar-refractivity contribution in [2.24, 2.45) is 0 Å². The molecule has 1 saturated carbocycles. The molecule has 0 saturated heterocycles. The van der Waals surface area contributed by atoms with Gasteiger partial charge in [-0.1, -0.05) is 29.6 Å². The van der Waals surface area contributed by atoms with Crippen molar-refractivity contribution in [3.05, 3.63) is 40.1 Å². The summed E-state index contributed by atoms with van der Waals surface area (Å²) in [5.41, 5.74) is 11.8. The van der Waals surface area contributed by atoms with Gasteiger partial charge in [-0.3, -0.25) is 15.6 Å². The van der Waals surface area contributed by atoms with Gasteiger partial charge in [-0.2, -0.15) is 4.98 Å². The zero-order valence-electron chi connectivity index (χ0n) is 14.0. The van der Waals surface area contributed by atoms with Crippen LogP contribution in [0.3, 0.4) is 0 Å². The normalized spacial score (nSPS) is 14.7. The molecular weight excluding hydrogens is 377 g/mol. The molecule has 1 aromatic heterocycles. The minimum Gasteiger partial charge on any atom is -0.473 e. The second-order valence-corrected chi connectivity index (χ2v) is 6.87. The van der Waals surface area contributed by atoms with Crippen LogP contribution in [0.2, 0.25) is 10.0 Å². The number of anilines is 2. The summed E-state index contributed by atoms with van der Waals surface area (Å²) in [6.07, 6.45) is 6.91. The summed E-state index contributed by atoms with van der Waals surface area (Å²) in [7, 11) is 0. The van der Waals surface area contributed by atoms with Crippen molar-refractivity contribution in [1.29, 1.82) is 0 Å². The number of benzene rings is 1. The van der Waals surface area contributed by atoms with Gasteiger partial charge in [0, 0.05) is 5.02 Å². The maximum atomic E-state index is 12.2. The predicted octanol–water partition coefficient (Wildman–Crippen LogP) is 3.83. The van der Waals surface area contributed by atoms with E-state index in [4.69, 9.17) is 33.7 Å². The van der Waals surface area contributed by atoms with Gasteiger partial charge in [0.15, 0.2) is 5.82 Å². The Kier molecular flexibility index (Phi) is 6.00. The number of hydrazine groups is 1.